The van der Waals surface area contributed by atoms with E-state index >= 15 is 0 Å². The van der Waals surface area contributed by atoms with E-state index in [4.69, 9.17) is 0 Å². The number of carbonyl (C=O) groups is 1. The molecule has 76 valence electrons. The summed E-state index contributed by atoms with van der Waals surface area (Å²) < 4.78 is 0. The molecule has 0 unspecified atom stereocenters. The lowest BCUT2D eigenvalue weighted by Gasteiger charge is -2.25. The lowest BCUT2D eigenvalue weighted by Crippen LogP contribution is -2.35. The van der Waals surface area contributed by atoms with Gasteiger partial charge >= 0.3 is 0 Å². The number of nitrogens with one attached hydrogen (secondary N) is 1. The number of rotatable bonds is 3. The Morgan fingerprint density at radius 3 is 2.50 bits per heavy atom. The van der Waals surface area contributed by atoms with Gasteiger partial charge in [-0.3, -0.25) is 9.78 Å². The van der Waals surface area contributed by atoms with Gasteiger partial charge in [0.2, 0.25) is 5.91 Å². The van der Waals surface area contributed by atoms with Crippen LogP contribution >= 0.6 is 0 Å². The zero-order valence-electron chi connectivity index (χ0n) is 8.87. The molecule has 1 amide bonds. The van der Waals surface area contributed by atoms with Crippen molar-refractivity contribution in [2.45, 2.75) is 26.2 Å². The van der Waals surface area contributed by atoms with Gasteiger partial charge in [-0.2, -0.15) is 0 Å². The van der Waals surface area contributed by atoms with Crippen LogP contribution in [0.3, 0.4) is 0 Å². The Morgan fingerprint density at radius 2 is 2.00 bits per heavy atom. The van der Waals surface area contributed by atoms with Crippen molar-refractivity contribution in [3.8, 4) is 0 Å². The number of aromatic nitrogens is 1. The van der Waals surface area contributed by atoms with Gasteiger partial charge in [-0.05, 0) is 17.7 Å². The van der Waals surface area contributed by atoms with Crippen molar-refractivity contribution in [1.29, 1.82) is 0 Å². The van der Waals surface area contributed by atoms with Gasteiger partial charge in [0.1, 0.15) is 0 Å². The lowest BCUT2D eigenvalue weighted by atomic mass is 9.85. The summed E-state index contributed by atoms with van der Waals surface area (Å²) >= 11 is 0. The predicted molar refractivity (Wildman–Crippen MR) is 55.9 cm³/mol. The standard InChI is InChI=1S/C11H16N2O/c1-9(14)13-8-11(2,3)10-4-6-12-7-5-10/h4-7H,8H2,1-3H3,(H,13,14). The predicted octanol–water partition coefficient (Wildman–Crippen LogP) is 1.50. The first-order chi connectivity index (χ1) is 6.52. The average molecular weight is 192 g/mol. The maximum Gasteiger partial charge on any atom is 0.216 e. The third-order valence-electron chi connectivity index (χ3n) is 2.24. The van der Waals surface area contributed by atoms with Crippen LogP contribution in [0.25, 0.3) is 0 Å². The van der Waals surface area contributed by atoms with Crippen LogP contribution in [0.4, 0.5) is 0 Å². The van der Waals surface area contributed by atoms with E-state index in [1.54, 1.807) is 12.4 Å². The first kappa shape index (κ1) is 10.7. The number of carbonyl (C=O) groups excluding carboxylic acids is 1. The minimum absolute atomic E-state index is 0.00660. The van der Waals surface area contributed by atoms with Crippen molar-refractivity contribution in [2.75, 3.05) is 6.54 Å². The normalized spacial score (nSPS) is 11.1. The summed E-state index contributed by atoms with van der Waals surface area (Å²) in [5, 5.41) is 2.82. The molecule has 1 aromatic rings. The Bertz CT molecular complexity index is 306. The van der Waals surface area contributed by atoms with Gasteiger partial charge in [-0.25, -0.2) is 0 Å². The van der Waals surface area contributed by atoms with Crippen molar-refractivity contribution in [3.05, 3.63) is 30.1 Å². The van der Waals surface area contributed by atoms with E-state index in [1.807, 2.05) is 12.1 Å². The molecular formula is C11H16N2O. The molecule has 0 saturated heterocycles. The van der Waals surface area contributed by atoms with Crippen molar-refractivity contribution < 1.29 is 4.79 Å². The molecule has 1 rings (SSSR count). The minimum atomic E-state index is -0.0470. The zero-order chi connectivity index (χ0) is 10.6. The third-order valence-corrected chi connectivity index (χ3v) is 2.24. The van der Waals surface area contributed by atoms with Crippen molar-refractivity contribution in [1.82, 2.24) is 10.3 Å². The summed E-state index contributed by atoms with van der Waals surface area (Å²) in [4.78, 5) is 14.8. The van der Waals surface area contributed by atoms with Gasteiger partial charge < -0.3 is 5.32 Å². The highest BCUT2D eigenvalue weighted by Crippen LogP contribution is 2.20. The summed E-state index contributed by atoms with van der Waals surface area (Å²) in [5.74, 6) is 0.00660. The molecule has 0 spiro atoms. The number of pyridine rings is 1. The SMILES string of the molecule is CC(=O)NCC(C)(C)c1ccncc1. The fourth-order valence-corrected chi connectivity index (χ4v) is 1.25. The Morgan fingerprint density at radius 1 is 1.43 bits per heavy atom. The van der Waals surface area contributed by atoms with Crippen LogP contribution in [0.2, 0.25) is 0 Å². The fraction of sp³-hybridized carbons (Fsp3) is 0.455. The molecule has 0 fully saturated rings. The van der Waals surface area contributed by atoms with E-state index in [-0.39, 0.29) is 11.3 Å². The monoisotopic (exact) mass is 192 g/mol. The summed E-state index contributed by atoms with van der Waals surface area (Å²) in [6.45, 7) is 6.37. The highest BCUT2D eigenvalue weighted by molar-refractivity contribution is 5.72. The van der Waals surface area contributed by atoms with E-state index < -0.39 is 0 Å². The summed E-state index contributed by atoms with van der Waals surface area (Å²) in [6.07, 6.45) is 3.54. The number of amides is 1. The van der Waals surface area contributed by atoms with Crippen LogP contribution in [0.15, 0.2) is 24.5 Å². The van der Waals surface area contributed by atoms with Gasteiger partial charge in [0.25, 0.3) is 0 Å². The maximum atomic E-state index is 10.8. The first-order valence-electron chi connectivity index (χ1n) is 4.67. The average Bonchev–Trinajstić information content (AvgIpc) is 2.16. The Labute approximate surface area is 84.6 Å². The van der Waals surface area contributed by atoms with Crippen LogP contribution in [0.1, 0.15) is 26.3 Å². The first-order valence-corrected chi connectivity index (χ1v) is 4.67. The maximum absolute atomic E-state index is 10.8. The van der Waals surface area contributed by atoms with Gasteiger partial charge in [0, 0.05) is 31.3 Å². The van der Waals surface area contributed by atoms with Crippen LogP contribution in [-0.4, -0.2) is 17.4 Å². The molecule has 1 heterocycles. The third kappa shape index (κ3) is 2.83. The molecular weight excluding hydrogens is 176 g/mol. The van der Waals surface area contributed by atoms with E-state index in [0.29, 0.717) is 6.54 Å². The van der Waals surface area contributed by atoms with Crippen LogP contribution in [0, 0.1) is 0 Å². The summed E-state index contributed by atoms with van der Waals surface area (Å²) in [7, 11) is 0. The topological polar surface area (TPSA) is 42.0 Å². The zero-order valence-corrected chi connectivity index (χ0v) is 8.87. The van der Waals surface area contributed by atoms with Crippen molar-refractivity contribution in [2.24, 2.45) is 0 Å². The Hall–Kier alpha value is -1.38. The van der Waals surface area contributed by atoms with Crippen LogP contribution in [-0.2, 0) is 10.2 Å². The lowest BCUT2D eigenvalue weighted by molar-refractivity contribution is -0.119. The molecule has 0 radical (unpaired) electrons. The Balaban J connectivity index is 2.70. The molecule has 14 heavy (non-hydrogen) atoms. The Kier molecular flexibility index (Phi) is 3.23. The molecule has 0 aromatic carbocycles. The van der Waals surface area contributed by atoms with Crippen LogP contribution in [0.5, 0.6) is 0 Å². The second-order valence-electron chi connectivity index (χ2n) is 4.03. The molecule has 0 aliphatic carbocycles. The fourth-order valence-electron chi connectivity index (χ4n) is 1.25. The van der Waals surface area contributed by atoms with Gasteiger partial charge in [-0.15, -0.1) is 0 Å². The van der Waals surface area contributed by atoms with Gasteiger partial charge in [0.15, 0.2) is 0 Å². The van der Waals surface area contributed by atoms with Crippen molar-refractivity contribution >= 4 is 5.91 Å². The molecule has 3 nitrogen and oxygen atoms in total. The molecule has 3 heteroatoms. The molecule has 1 aromatic heterocycles. The second-order valence-corrected chi connectivity index (χ2v) is 4.03. The van der Waals surface area contributed by atoms with Crippen LogP contribution < -0.4 is 5.32 Å². The second kappa shape index (κ2) is 4.22. The molecule has 0 atom stereocenters. The number of hydrogen-bond donors (Lipinski definition) is 1. The van der Waals surface area contributed by atoms with Gasteiger partial charge in [-0.1, -0.05) is 13.8 Å². The van der Waals surface area contributed by atoms with Gasteiger partial charge in [0.05, 0.1) is 0 Å². The number of hydrogen-bond acceptors (Lipinski definition) is 2. The summed E-state index contributed by atoms with van der Waals surface area (Å²) in [6, 6.07) is 3.95. The van der Waals surface area contributed by atoms with E-state index in [2.05, 4.69) is 24.1 Å². The molecule has 0 saturated carbocycles. The highest BCUT2D eigenvalue weighted by atomic mass is 16.1. The van der Waals surface area contributed by atoms with E-state index in [9.17, 15) is 4.79 Å². The van der Waals surface area contributed by atoms with E-state index in [1.165, 1.54) is 12.5 Å². The molecule has 0 aliphatic heterocycles. The highest BCUT2D eigenvalue weighted by Gasteiger charge is 2.20. The smallest absolute Gasteiger partial charge is 0.216 e. The quantitative estimate of drug-likeness (QED) is 0.788. The van der Waals surface area contributed by atoms with Crippen molar-refractivity contribution in [3.63, 3.8) is 0 Å². The molecule has 0 aliphatic rings. The van der Waals surface area contributed by atoms with E-state index in [0.717, 1.165) is 0 Å². The number of nitrogens with zero attached hydrogens (tertiary/aromatic N) is 1. The molecule has 0 bridgehead atoms. The molecule has 1 N–H and O–H groups in total. The largest absolute Gasteiger partial charge is 0.355 e. The minimum Gasteiger partial charge on any atom is -0.355 e. The summed E-state index contributed by atoms with van der Waals surface area (Å²) in [5.41, 5.74) is 1.13.